The normalized spacial score (nSPS) is 11.6. The molecule has 0 bridgehead atoms. The van der Waals surface area contributed by atoms with Gasteiger partial charge in [0.05, 0.1) is 28.4 Å². The molecule has 208 valence electrons. The standard InChI is InChI=1S/C30H22BrF3N4O2S/c31-26-13-19(9-11-27(26)40-17-20-8-10-21-4-1-2-5-22(21)12-20)16-35-38-28(39)15-25-18-41-29(37-25)36-24-7-3-6-23(14-24)30(32,33)34/h1-14,16,18H,15,17H2,(H,36,37)(H,38,39)/b35-16-. The van der Waals surface area contributed by atoms with Gasteiger partial charge in [-0.2, -0.15) is 18.3 Å². The zero-order valence-electron chi connectivity index (χ0n) is 21.3. The highest BCUT2D eigenvalue weighted by molar-refractivity contribution is 9.10. The zero-order valence-corrected chi connectivity index (χ0v) is 23.7. The minimum absolute atomic E-state index is 0.0383. The maximum atomic E-state index is 12.9. The van der Waals surface area contributed by atoms with Gasteiger partial charge >= 0.3 is 6.18 Å². The molecule has 5 aromatic rings. The van der Waals surface area contributed by atoms with Crippen molar-refractivity contribution in [3.63, 3.8) is 0 Å². The van der Waals surface area contributed by atoms with E-state index < -0.39 is 11.7 Å². The number of halogens is 4. The van der Waals surface area contributed by atoms with E-state index in [1.54, 1.807) is 5.38 Å². The molecule has 0 aliphatic carbocycles. The van der Waals surface area contributed by atoms with Gasteiger partial charge in [-0.3, -0.25) is 4.79 Å². The van der Waals surface area contributed by atoms with Crippen LogP contribution < -0.4 is 15.5 Å². The SMILES string of the molecule is O=C(Cc1csc(Nc2cccc(C(F)(F)F)c2)n1)N/N=C\c1ccc(OCc2ccc3ccccc3c2)c(Br)c1. The van der Waals surface area contributed by atoms with Gasteiger partial charge in [0.1, 0.15) is 12.4 Å². The summed E-state index contributed by atoms with van der Waals surface area (Å²) in [6.07, 6.45) is -2.96. The van der Waals surface area contributed by atoms with E-state index in [1.807, 2.05) is 36.4 Å². The first-order valence-electron chi connectivity index (χ1n) is 12.3. The summed E-state index contributed by atoms with van der Waals surface area (Å²) in [5.41, 5.74) is 4.23. The number of hydrogen-bond acceptors (Lipinski definition) is 6. The van der Waals surface area contributed by atoms with Crippen molar-refractivity contribution >= 4 is 61.0 Å². The smallest absolute Gasteiger partial charge is 0.416 e. The van der Waals surface area contributed by atoms with Gasteiger partial charge in [-0.05, 0) is 80.3 Å². The third kappa shape index (κ3) is 7.71. The van der Waals surface area contributed by atoms with Crippen LogP contribution in [0, 0.1) is 0 Å². The topological polar surface area (TPSA) is 75.6 Å². The molecule has 41 heavy (non-hydrogen) atoms. The van der Waals surface area contributed by atoms with Crippen LogP contribution in [0.1, 0.15) is 22.4 Å². The predicted molar refractivity (Wildman–Crippen MR) is 159 cm³/mol. The number of ether oxygens (including phenoxy) is 1. The quantitative estimate of drug-likeness (QED) is 0.126. The second-order valence-corrected chi connectivity index (χ2v) is 10.7. The van der Waals surface area contributed by atoms with Crippen molar-refractivity contribution in [1.29, 1.82) is 0 Å². The average Bonchev–Trinajstić information content (AvgIpc) is 3.38. The number of hydrazone groups is 1. The lowest BCUT2D eigenvalue weighted by Crippen LogP contribution is -2.19. The summed E-state index contributed by atoms with van der Waals surface area (Å²) in [6, 6.07) is 24.7. The number of carbonyl (C=O) groups excluding carboxylic acids is 1. The van der Waals surface area contributed by atoms with Gasteiger partial charge in [-0.25, -0.2) is 10.4 Å². The Morgan fingerprint density at radius 3 is 2.63 bits per heavy atom. The molecule has 0 unspecified atom stereocenters. The first kappa shape index (κ1) is 28.3. The van der Waals surface area contributed by atoms with Crippen molar-refractivity contribution in [3.8, 4) is 5.75 Å². The number of rotatable bonds is 9. The molecule has 1 heterocycles. The summed E-state index contributed by atoms with van der Waals surface area (Å²) in [6.45, 7) is 0.417. The Labute approximate surface area is 246 Å². The summed E-state index contributed by atoms with van der Waals surface area (Å²) >= 11 is 4.71. The largest absolute Gasteiger partial charge is 0.488 e. The first-order valence-corrected chi connectivity index (χ1v) is 14.0. The fourth-order valence-corrected chi connectivity index (χ4v) is 5.17. The van der Waals surface area contributed by atoms with Gasteiger partial charge in [0.15, 0.2) is 5.13 Å². The van der Waals surface area contributed by atoms with E-state index in [-0.39, 0.29) is 18.0 Å². The Hall–Kier alpha value is -4.22. The molecule has 0 radical (unpaired) electrons. The van der Waals surface area contributed by atoms with Crippen LogP contribution in [0.4, 0.5) is 24.0 Å². The second-order valence-electron chi connectivity index (χ2n) is 8.98. The monoisotopic (exact) mass is 638 g/mol. The van der Waals surface area contributed by atoms with Crippen molar-refractivity contribution in [2.24, 2.45) is 5.10 Å². The molecule has 1 amide bonds. The third-order valence-electron chi connectivity index (χ3n) is 5.90. The number of alkyl halides is 3. The van der Waals surface area contributed by atoms with Crippen molar-refractivity contribution in [2.75, 3.05) is 5.32 Å². The number of fused-ring (bicyclic) bond motifs is 1. The van der Waals surface area contributed by atoms with Crippen LogP contribution in [0.3, 0.4) is 0 Å². The minimum atomic E-state index is -4.44. The highest BCUT2D eigenvalue weighted by Crippen LogP contribution is 2.32. The fraction of sp³-hybridized carbons (Fsp3) is 0.100. The molecule has 0 saturated heterocycles. The Bertz CT molecular complexity index is 1720. The lowest BCUT2D eigenvalue weighted by atomic mass is 10.1. The van der Waals surface area contributed by atoms with Crippen LogP contribution in [0.2, 0.25) is 0 Å². The van der Waals surface area contributed by atoms with E-state index in [0.717, 1.165) is 33.1 Å². The molecular formula is C30H22BrF3N4O2S. The van der Waals surface area contributed by atoms with Crippen molar-refractivity contribution in [1.82, 2.24) is 10.4 Å². The lowest BCUT2D eigenvalue weighted by molar-refractivity contribution is -0.137. The van der Waals surface area contributed by atoms with Gasteiger partial charge in [-0.1, -0.05) is 42.5 Å². The van der Waals surface area contributed by atoms with E-state index in [2.05, 4.69) is 61.0 Å². The maximum Gasteiger partial charge on any atom is 0.416 e. The number of nitrogens with zero attached hydrogens (tertiary/aromatic N) is 2. The van der Waals surface area contributed by atoms with Gasteiger partial charge < -0.3 is 10.1 Å². The Morgan fingerprint density at radius 2 is 1.83 bits per heavy atom. The molecule has 0 spiro atoms. The summed E-state index contributed by atoms with van der Waals surface area (Å²) in [5.74, 6) is 0.295. The Kier molecular flexibility index (Phi) is 8.65. The number of hydrogen-bond donors (Lipinski definition) is 2. The number of aromatic nitrogens is 1. The van der Waals surface area contributed by atoms with E-state index in [0.29, 0.717) is 23.2 Å². The molecule has 0 atom stereocenters. The number of thiazole rings is 1. The molecular weight excluding hydrogens is 617 g/mol. The zero-order chi connectivity index (χ0) is 28.8. The maximum absolute atomic E-state index is 12.9. The highest BCUT2D eigenvalue weighted by Gasteiger charge is 2.30. The molecule has 0 aliphatic heterocycles. The van der Waals surface area contributed by atoms with Crippen LogP contribution in [0.15, 0.2) is 99.9 Å². The molecule has 6 nitrogen and oxygen atoms in total. The van der Waals surface area contributed by atoms with Crippen LogP contribution in [0.25, 0.3) is 10.8 Å². The van der Waals surface area contributed by atoms with Crippen LogP contribution in [-0.2, 0) is 24.0 Å². The van der Waals surface area contributed by atoms with Gasteiger partial charge in [0.2, 0.25) is 5.91 Å². The van der Waals surface area contributed by atoms with Crippen molar-refractivity contribution in [2.45, 2.75) is 19.2 Å². The van der Waals surface area contributed by atoms with Gasteiger partial charge in [-0.15, -0.1) is 11.3 Å². The molecule has 0 fully saturated rings. The summed E-state index contributed by atoms with van der Waals surface area (Å²) < 4.78 is 45.5. The first-order chi connectivity index (χ1) is 19.7. The van der Waals surface area contributed by atoms with Crippen molar-refractivity contribution < 1.29 is 22.7 Å². The fourth-order valence-electron chi connectivity index (χ4n) is 3.93. The van der Waals surface area contributed by atoms with E-state index in [9.17, 15) is 18.0 Å². The van der Waals surface area contributed by atoms with Crippen molar-refractivity contribution in [3.05, 3.63) is 117 Å². The van der Waals surface area contributed by atoms with Gasteiger partial charge in [0, 0.05) is 11.1 Å². The number of amides is 1. The van der Waals surface area contributed by atoms with E-state index >= 15 is 0 Å². The Balaban J connectivity index is 1.11. The average molecular weight is 639 g/mol. The van der Waals surface area contributed by atoms with E-state index in [4.69, 9.17) is 4.74 Å². The van der Waals surface area contributed by atoms with Crippen LogP contribution >= 0.6 is 27.3 Å². The van der Waals surface area contributed by atoms with Crippen LogP contribution in [0.5, 0.6) is 5.75 Å². The highest BCUT2D eigenvalue weighted by atomic mass is 79.9. The lowest BCUT2D eigenvalue weighted by Gasteiger charge is -2.10. The minimum Gasteiger partial charge on any atom is -0.488 e. The molecule has 0 aliphatic rings. The van der Waals surface area contributed by atoms with Gasteiger partial charge in [0.25, 0.3) is 0 Å². The summed E-state index contributed by atoms with van der Waals surface area (Å²) in [5, 5.41) is 11.2. The molecule has 1 aromatic heterocycles. The number of nitrogens with one attached hydrogen (secondary N) is 2. The summed E-state index contributed by atoms with van der Waals surface area (Å²) in [7, 11) is 0. The Morgan fingerprint density at radius 1 is 1.00 bits per heavy atom. The molecule has 4 aromatic carbocycles. The van der Waals surface area contributed by atoms with Crippen LogP contribution in [-0.4, -0.2) is 17.1 Å². The molecule has 0 saturated carbocycles. The molecule has 2 N–H and O–H groups in total. The number of anilines is 2. The third-order valence-corrected chi connectivity index (χ3v) is 7.33. The van der Waals surface area contributed by atoms with E-state index in [1.165, 1.54) is 35.1 Å². The number of carbonyl (C=O) groups is 1. The second kappa shape index (κ2) is 12.5. The number of benzene rings is 4. The predicted octanol–water partition coefficient (Wildman–Crippen LogP) is 8.09. The molecule has 5 rings (SSSR count). The molecule has 11 heteroatoms. The summed E-state index contributed by atoms with van der Waals surface area (Å²) in [4.78, 5) is 16.6.